The number of amidine groups is 1. The van der Waals surface area contributed by atoms with Gasteiger partial charge in [-0.2, -0.15) is 0 Å². The van der Waals surface area contributed by atoms with E-state index in [0.29, 0.717) is 0 Å². The van der Waals surface area contributed by atoms with Gasteiger partial charge in [-0.1, -0.05) is 146 Å². The lowest BCUT2D eigenvalue weighted by molar-refractivity contribution is 0.563. The molecular formula is C48H36N2. The number of rotatable bonds is 6. The van der Waals surface area contributed by atoms with E-state index in [2.05, 4.69) is 170 Å². The standard InChI is InChI=1S/C48H36N2/c1-3-10-32(2)50-28-27-49-48(50)36-21-17-35(18-22-36)39-25-26-44-45(31-39)47(41-24-20-34-12-5-7-14-38(34)30-41)43-16-9-8-15-42(43)46(44)40-23-19-33-11-4-6-13-37(33)29-40/h3-26,29-31H,1,27-28H2,2H3/b32-10+. The fraction of sp³-hybridized carbons (Fsp3) is 0.0625. The van der Waals surface area contributed by atoms with E-state index in [1.54, 1.807) is 0 Å². The van der Waals surface area contributed by atoms with Crippen LogP contribution in [0.1, 0.15) is 12.5 Å². The van der Waals surface area contributed by atoms with Crippen molar-refractivity contribution in [3.8, 4) is 33.4 Å². The SMILES string of the molecule is C=C/C=C(\C)N1CCN=C1c1ccc(-c2ccc3c(-c4ccc5ccccc5c4)c4ccccc4c(-c4ccc5ccccc5c4)c3c2)cc1. The minimum Gasteiger partial charge on any atom is -0.328 e. The van der Waals surface area contributed by atoms with Gasteiger partial charge in [0.15, 0.2) is 0 Å². The Balaban J connectivity index is 1.26. The Kier molecular flexibility index (Phi) is 7.36. The summed E-state index contributed by atoms with van der Waals surface area (Å²) in [5, 5.41) is 10.0. The Hall–Kier alpha value is -6.25. The molecule has 50 heavy (non-hydrogen) atoms. The highest BCUT2D eigenvalue weighted by Crippen LogP contribution is 2.45. The molecule has 1 aliphatic rings. The van der Waals surface area contributed by atoms with Crippen molar-refractivity contribution in [1.29, 1.82) is 0 Å². The monoisotopic (exact) mass is 640 g/mol. The largest absolute Gasteiger partial charge is 0.328 e. The summed E-state index contributed by atoms with van der Waals surface area (Å²) in [7, 11) is 0. The number of allylic oxidation sites excluding steroid dienone is 3. The van der Waals surface area contributed by atoms with Gasteiger partial charge in [-0.05, 0) is 108 Å². The predicted octanol–water partition coefficient (Wildman–Crippen LogP) is 12.5. The molecule has 2 nitrogen and oxygen atoms in total. The van der Waals surface area contributed by atoms with Gasteiger partial charge < -0.3 is 4.90 Å². The normalized spacial score (nSPS) is 13.4. The summed E-state index contributed by atoms with van der Waals surface area (Å²) >= 11 is 0. The first-order valence-electron chi connectivity index (χ1n) is 17.4. The minimum atomic E-state index is 0.801. The average Bonchev–Trinajstić information content (AvgIpc) is 3.67. The molecule has 0 atom stereocenters. The van der Waals surface area contributed by atoms with Crippen molar-refractivity contribution in [3.63, 3.8) is 0 Å². The van der Waals surface area contributed by atoms with Gasteiger partial charge in [-0.25, -0.2) is 0 Å². The molecular weight excluding hydrogens is 605 g/mol. The van der Waals surface area contributed by atoms with Gasteiger partial charge in [0.2, 0.25) is 0 Å². The molecule has 1 heterocycles. The molecule has 0 radical (unpaired) electrons. The van der Waals surface area contributed by atoms with Gasteiger partial charge in [0.05, 0.1) is 6.54 Å². The molecule has 0 saturated carbocycles. The van der Waals surface area contributed by atoms with Crippen molar-refractivity contribution in [2.24, 2.45) is 4.99 Å². The fourth-order valence-electron chi connectivity index (χ4n) is 7.78. The maximum absolute atomic E-state index is 4.85. The van der Waals surface area contributed by atoms with Crippen molar-refractivity contribution < 1.29 is 0 Å². The van der Waals surface area contributed by atoms with Gasteiger partial charge in [0.1, 0.15) is 5.84 Å². The zero-order valence-electron chi connectivity index (χ0n) is 28.1. The van der Waals surface area contributed by atoms with Crippen LogP contribution in [-0.2, 0) is 0 Å². The Bertz CT molecular complexity index is 2680. The van der Waals surface area contributed by atoms with Crippen LogP contribution in [0.4, 0.5) is 0 Å². The molecule has 0 spiro atoms. The van der Waals surface area contributed by atoms with E-state index in [4.69, 9.17) is 4.99 Å². The van der Waals surface area contributed by atoms with Crippen LogP contribution in [0.2, 0.25) is 0 Å². The molecule has 238 valence electrons. The van der Waals surface area contributed by atoms with Gasteiger partial charge >= 0.3 is 0 Å². The summed E-state index contributed by atoms with van der Waals surface area (Å²) in [5.41, 5.74) is 9.66. The third kappa shape index (κ3) is 5.09. The smallest absolute Gasteiger partial charge is 0.135 e. The van der Waals surface area contributed by atoms with Crippen molar-refractivity contribution in [2.45, 2.75) is 6.92 Å². The molecule has 0 unspecified atom stereocenters. The number of benzene rings is 8. The van der Waals surface area contributed by atoms with Crippen LogP contribution in [-0.4, -0.2) is 23.8 Å². The highest BCUT2D eigenvalue weighted by molar-refractivity contribution is 6.22. The summed E-state index contributed by atoms with van der Waals surface area (Å²) in [4.78, 5) is 7.13. The second-order valence-corrected chi connectivity index (χ2v) is 13.2. The minimum absolute atomic E-state index is 0.801. The molecule has 9 rings (SSSR count). The van der Waals surface area contributed by atoms with Crippen molar-refractivity contribution in [1.82, 2.24) is 4.90 Å². The second-order valence-electron chi connectivity index (χ2n) is 13.2. The van der Waals surface area contributed by atoms with Gasteiger partial charge in [-0.15, -0.1) is 0 Å². The van der Waals surface area contributed by atoms with E-state index in [0.717, 1.165) is 30.2 Å². The third-order valence-electron chi connectivity index (χ3n) is 10.2. The van der Waals surface area contributed by atoms with E-state index in [1.165, 1.54) is 76.5 Å². The number of nitrogens with zero attached hydrogens (tertiary/aromatic N) is 2. The van der Waals surface area contributed by atoms with Crippen molar-refractivity contribution in [3.05, 3.63) is 182 Å². The van der Waals surface area contributed by atoms with E-state index in [-0.39, 0.29) is 0 Å². The quantitative estimate of drug-likeness (QED) is 0.130. The van der Waals surface area contributed by atoms with Crippen LogP contribution < -0.4 is 0 Å². The summed E-state index contributed by atoms with van der Waals surface area (Å²) in [6.07, 6.45) is 3.89. The molecule has 0 aromatic heterocycles. The molecule has 0 saturated heterocycles. The maximum atomic E-state index is 4.85. The van der Waals surface area contributed by atoms with E-state index in [1.807, 2.05) is 12.2 Å². The first kappa shape index (κ1) is 29.9. The Morgan fingerprint density at radius 1 is 0.520 bits per heavy atom. The van der Waals surface area contributed by atoms with Gasteiger partial charge in [-0.3, -0.25) is 4.99 Å². The lowest BCUT2D eigenvalue weighted by Crippen LogP contribution is -2.26. The van der Waals surface area contributed by atoms with E-state index in [9.17, 15) is 0 Å². The molecule has 0 amide bonds. The van der Waals surface area contributed by atoms with E-state index >= 15 is 0 Å². The molecule has 0 fully saturated rings. The Morgan fingerprint density at radius 3 is 1.64 bits per heavy atom. The number of hydrogen-bond acceptors (Lipinski definition) is 2. The maximum Gasteiger partial charge on any atom is 0.135 e. The molecule has 0 bridgehead atoms. The first-order valence-corrected chi connectivity index (χ1v) is 17.4. The number of aliphatic imine (C=N–C) groups is 1. The Labute approximate surface area is 293 Å². The summed E-state index contributed by atoms with van der Waals surface area (Å²) in [6.45, 7) is 7.70. The van der Waals surface area contributed by atoms with Crippen LogP contribution in [0.5, 0.6) is 0 Å². The van der Waals surface area contributed by atoms with Crippen LogP contribution in [0.3, 0.4) is 0 Å². The molecule has 8 aromatic carbocycles. The van der Waals surface area contributed by atoms with E-state index < -0.39 is 0 Å². The molecule has 0 aliphatic carbocycles. The topological polar surface area (TPSA) is 15.6 Å². The zero-order valence-corrected chi connectivity index (χ0v) is 28.1. The highest BCUT2D eigenvalue weighted by atomic mass is 15.2. The average molecular weight is 641 g/mol. The molecule has 1 aliphatic heterocycles. The van der Waals surface area contributed by atoms with Gasteiger partial charge in [0.25, 0.3) is 0 Å². The lowest BCUT2D eigenvalue weighted by Gasteiger charge is -2.21. The van der Waals surface area contributed by atoms with Crippen LogP contribution in [0.15, 0.2) is 181 Å². The van der Waals surface area contributed by atoms with Crippen LogP contribution in [0.25, 0.3) is 76.5 Å². The molecule has 2 heteroatoms. The third-order valence-corrected chi connectivity index (χ3v) is 10.2. The summed E-state index contributed by atoms with van der Waals surface area (Å²) in [6, 6.07) is 55.9. The number of hydrogen-bond donors (Lipinski definition) is 0. The van der Waals surface area contributed by atoms with Crippen molar-refractivity contribution >= 4 is 48.9 Å². The fourth-order valence-corrected chi connectivity index (χ4v) is 7.78. The molecule has 8 aromatic rings. The summed E-state index contributed by atoms with van der Waals surface area (Å²) in [5.74, 6) is 1.02. The summed E-state index contributed by atoms with van der Waals surface area (Å²) < 4.78 is 0. The zero-order chi connectivity index (χ0) is 33.6. The van der Waals surface area contributed by atoms with Crippen LogP contribution >= 0.6 is 0 Å². The molecule has 0 N–H and O–H groups in total. The predicted molar refractivity (Wildman–Crippen MR) is 215 cm³/mol. The van der Waals surface area contributed by atoms with Gasteiger partial charge in [0, 0.05) is 17.8 Å². The Morgan fingerprint density at radius 2 is 1.02 bits per heavy atom. The highest BCUT2D eigenvalue weighted by Gasteiger charge is 2.21. The second kappa shape index (κ2) is 12.3. The van der Waals surface area contributed by atoms with Crippen LogP contribution in [0, 0.1) is 0 Å². The lowest BCUT2D eigenvalue weighted by atomic mass is 9.84. The first-order chi connectivity index (χ1) is 24.7. The number of fused-ring (bicyclic) bond motifs is 4. The van der Waals surface area contributed by atoms with Crippen molar-refractivity contribution in [2.75, 3.05) is 13.1 Å².